The second-order valence-corrected chi connectivity index (χ2v) is 8.57. The molecular weight excluding hydrogens is 414 g/mol. The summed E-state index contributed by atoms with van der Waals surface area (Å²) in [6.45, 7) is 5.78. The second kappa shape index (κ2) is 10.3. The third-order valence-corrected chi connectivity index (χ3v) is 6.38. The Bertz CT molecular complexity index is 1030. The first-order chi connectivity index (χ1) is 14.9. The van der Waals surface area contributed by atoms with Crippen LogP contribution in [0.15, 0.2) is 75.1 Å². The average molecular weight is 442 g/mol. The number of aryl methyl sites for hydroxylation is 1. The van der Waals surface area contributed by atoms with Gasteiger partial charge in [0.05, 0.1) is 47.6 Å². The van der Waals surface area contributed by atoms with Crippen LogP contribution in [0.25, 0.3) is 0 Å². The predicted molar refractivity (Wildman–Crippen MR) is 120 cm³/mol. The number of carbonyl (C=O) groups is 1. The lowest BCUT2D eigenvalue weighted by Crippen LogP contribution is -2.27. The van der Waals surface area contributed by atoms with Crippen molar-refractivity contribution in [2.45, 2.75) is 36.6 Å². The minimum absolute atomic E-state index is 0.277. The van der Waals surface area contributed by atoms with Crippen molar-refractivity contribution in [1.29, 1.82) is 0 Å². The van der Waals surface area contributed by atoms with Crippen molar-refractivity contribution in [3.63, 3.8) is 0 Å². The normalized spacial score (nSPS) is 13.8. The van der Waals surface area contributed by atoms with Crippen LogP contribution >= 0.6 is 0 Å². The van der Waals surface area contributed by atoms with Crippen molar-refractivity contribution >= 4 is 22.5 Å². The van der Waals surface area contributed by atoms with Gasteiger partial charge in [-0.3, -0.25) is 4.79 Å². The van der Waals surface area contributed by atoms with Crippen LogP contribution in [0.4, 0.5) is 5.69 Å². The second-order valence-electron chi connectivity index (χ2n) is 7.12. The highest BCUT2D eigenvalue weighted by atomic mass is 32.2. The molecule has 0 aliphatic rings. The van der Waals surface area contributed by atoms with Crippen molar-refractivity contribution in [2.75, 3.05) is 19.0 Å². The SMILES string of the molecule is CCOC(=O)[C@@H](C)[C@@H](Nc1ccc(OC)cc1)c1occc1S(=O)c1ccc(C)cc1. The first kappa shape index (κ1) is 22.6. The van der Waals surface area contributed by atoms with E-state index in [1.807, 2.05) is 55.5 Å². The topological polar surface area (TPSA) is 77.8 Å². The summed E-state index contributed by atoms with van der Waals surface area (Å²) >= 11 is 0. The van der Waals surface area contributed by atoms with E-state index in [9.17, 15) is 9.00 Å². The van der Waals surface area contributed by atoms with Gasteiger partial charge in [0.2, 0.25) is 0 Å². The standard InChI is InChI=1S/C24H27NO5S/c1-5-29-24(26)17(3)22(25-18-8-10-19(28-4)11-9-18)23-21(14-15-30-23)31(27)20-12-6-16(2)7-13-20/h6-15,17,22,25H,5H2,1-4H3/t17-,22+,31?/m0/s1. The summed E-state index contributed by atoms with van der Waals surface area (Å²) in [4.78, 5) is 13.7. The maximum absolute atomic E-state index is 13.3. The average Bonchev–Trinajstić information content (AvgIpc) is 3.27. The van der Waals surface area contributed by atoms with Gasteiger partial charge in [0.25, 0.3) is 0 Å². The third-order valence-electron chi connectivity index (χ3n) is 4.95. The summed E-state index contributed by atoms with van der Waals surface area (Å²) in [5.74, 6) is 0.217. The van der Waals surface area contributed by atoms with Crippen LogP contribution < -0.4 is 10.1 Å². The number of nitrogens with one attached hydrogen (secondary N) is 1. The van der Waals surface area contributed by atoms with Gasteiger partial charge >= 0.3 is 5.97 Å². The molecule has 0 bridgehead atoms. The largest absolute Gasteiger partial charge is 0.497 e. The molecule has 0 radical (unpaired) electrons. The smallest absolute Gasteiger partial charge is 0.311 e. The highest BCUT2D eigenvalue weighted by molar-refractivity contribution is 7.85. The summed E-state index contributed by atoms with van der Waals surface area (Å²) in [5.41, 5.74) is 1.86. The molecule has 0 spiro atoms. The van der Waals surface area contributed by atoms with Gasteiger partial charge in [0.15, 0.2) is 0 Å². The fourth-order valence-corrected chi connectivity index (χ4v) is 4.35. The summed E-state index contributed by atoms with van der Waals surface area (Å²) in [6.07, 6.45) is 1.50. The number of ether oxygens (including phenoxy) is 2. The van der Waals surface area contributed by atoms with Gasteiger partial charge in [-0.05, 0) is 63.2 Å². The summed E-state index contributed by atoms with van der Waals surface area (Å²) in [6, 6.07) is 16.0. The van der Waals surface area contributed by atoms with E-state index in [2.05, 4.69) is 5.32 Å². The molecule has 2 aromatic carbocycles. The van der Waals surface area contributed by atoms with Crippen LogP contribution in [0.1, 0.15) is 31.2 Å². The molecule has 0 saturated carbocycles. The fraction of sp³-hybridized carbons (Fsp3) is 0.292. The Morgan fingerprint density at radius 3 is 2.39 bits per heavy atom. The van der Waals surface area contributed by atoms with Crippen molar-refractivity contribution in [3.05, 3.63) is 72.2 Å². The van der Waals surface area contributed by atoms with Crippen LogP contribution in [-0.2, 0) is 20.3 Å². The van der Waals surface area contributed by atoms with Crippen LogP contribution in [0.3, 0.4) is 0 Å². The van der Waals surface area contributed by atoms with Gasteiger partial charge in [0, 0.05) is 10.6 Å². The van der Waals surface area contributed by atoms with Crippen molar-refractivity contribution in [3.8, 4) is 5.75 Å². The Morgan fingerprint density at radius 1 is 1.10 bits per heavy atom. The lowest BCUT2D eigenvalue weighted by atomic mass is 9.99. The van der Waals surface area contributed by atoms with E-state index < -0.39 is 22.8 Å². The molecule has 1 N–H and O–H groups in total. The van der Waals surface area contributed by atoms with Crippen molar-refractivity contribution in [1.82, 2.24) is 0 Å². The lowest BCUT2D eigenvalue weighted by molar-refractivity contribution is -0.148. The number of rotatable bonds is 9. The zero-order chi connectivity index (χ0) is 22.4. The monoisotopic (exact) mass is 441 g/mol. The van der Waals surface area contributed by atoms with Gasteiger partial charge in [-0.15, -0.1) is 0 Å². The van der Waals surface area contributed by atoms with E-state index in [-0.39, 0.29) is 12.6 Å². The van der Waals surface area contributed by atoms with Gasteiger partial charge in [-0.1, -0.05) is 17.7 Å². The molecule has 3 aromatic rings. The molecule has 0 aliphatic carbocycles. The molecule has 7 heteroatoms. The molecule has 0 saturated heterocycles. The summed E-state index contributed by atoms with van der Waals surface area (Å²) in [7, 11) is 0.142. The number of hydrogen-bond acceptors (Lipinski definition) is 6. The van der Waals surface area contributed by atoms with Gasteiger partial charge in [-0.2, -0.15) is 0 Å². The number of hydrogen-bond donors (Lipinski definition) is 1. The molecule has 3 atom stereocenters. The van der Waals surface area contributed by atoms with Crippen LogP contribution in [0, 0.1) is 12.8 Å². The van der Waals surface area contributed by atoms with Crippen molar-refractivity contribution in [2.24, 2.45) is 5.92 Å². The summed E-state index contributed by atoms with van der Waals surface area (Å²) in [5, 5.41) is 3.34. The Balaban J connectivity index is 1.97. The number of carbonyl (C=O) groups excluding carboxylic acids is 1. The highest BCUT2D eigenvalue weighted by Gasteiger charge is 2.32. The summed E-state index contributed by atoms with van der Waals surface area (Å²) < 4.78 is 29.5. The Kier molecular flexibility index (Phi) is 7.52. The van der Waals surface area contributed by atoms with Crippen LogP contribution in [-0.4, -0.2) is 23.9 Å². The highest BCUT2D eigenvalue weighted by Crippen LogP contribution is 2.34. The maximum atomic E-state index is 13.3. The quantitative estimate of drug-likeness (QED) is 0.465. The van der Waals surface area contributed by atoms with E-state index in [0.29, 0.717) is 15.6 Å². The molecule has 31 heavy (non-hydrogen) atoms. The van der Waals surface area contributed by atoms with E-state index in [1.54, 1.807) is 27.0 Å². The lowest BCUT2D eigenvalue weighted by Gasteiger charge is -2.24. The van der Waals surface area contributed by atoms with Crippen LogP contribution in [0.2, 0.25) is 0 Å². The fourth-order valence-electron chi connectivity index (χ4n) is 3.17. The maximum Gasteiger partial charge on any atom is 0.311 e. The molecule has 1 aromatic heterocycles. The zero-order valence-corrected chi connectivity index (χ0v) is 18.9. The van der Waals surface area contributed by atoms with Gasteiger partial charge < -0.3 is 19.2 Å². The Morgan fingerprint density at radius 2 is 1.77 bits per heavy atom. The number of esters is 1. The first-order valence-electron chi connectivity index (χ1n) is 10.1. The van der Waals surface area contributed by atoms with Crippen LogP contribution in [0.5, 0.6) is 5.75 Å². The minimum atomic E-state index is -1.46. The Labute approximate surface area is 185 Å². The number of methoxy groups -OCH3 is 1. The molecular formula is C24H27NO5S. The van der Waals surface area contributed by atoms with E-state index in [1.165, 1.54) is 6.26 Å². The zero-order valence-electron chi connectivity index (χ0n) is 18.1. The molecule has 1 unspecified atom stereocenters. The molecule has 6 nitrogen and oxygen atoms in total. The van der Waals surface area contributed by atoms with E-state index in [0.717, 1.165) is 17.0 Å². The number of benzene rings is 2. The third kappa shape index (κ3) is 5.35. The van der Waals surface area contributed by atoms with E-state index >= 15 is 0 Å². The minimum Gasteiger partial charge on any atom is -0.497 e. The molecule has 164 valence electrons. The molecule has 0 amide bonds. The molecule has 0 fully saturated rings. The number of furan rings is 1. The van der Waals surface area contributed by atoms with Gasteiger partial charge in [-0.25, -0.2) is 4.21 Å². The molecule has 0 aliphatic heterocycles. The van der Waals surface area contributed by atoms with Gasteiger partial charge in [0.1, 0.15) is 11.5 Å². The molecule has 1 heterocycles. The number of anilines is 1. The Hall–Kier alpha value is -3.06. The van der Waals surface area contributed by atoms with Crippen molar-refractivity contribution < 1.29 is 22.9 Å². The molecule has 3 rings (SSSR count). The first-order valence-corrected chi connectivity index (χ1v) is 11.2. The van der Waals surface area contributed by atoms with E-state index in [4.69, 9.17) is 13.9 Å². The predicted octanol–water partition coefficient (Wildman–Crippen LogP) is 5.12.